The van der Waals surface area contributed by atoms with E-state index in [2.05, 4.69) is 0 Å². The summed E-state index contributed by atoms with van der Waals surface area (Å²) in [5, 5.41) is 33.2. The Morgan fingerprint density at radius 2 is 1.74 bits per heavy atom. The van der Waals surface area contributed by atoms with Crippen molar-refractivity contribution in [2.24, 2.45) is 0 Å². The van der Waals surface area contributed by atoms with Crippen LogP contribution in [0.15, 0.2) is 41.2 Å². The highest BCUT2D eigenvalue weighted by atomic mass is 32.2. The summed E-state index contributed by atoms with van der Waals surface area (Å²) in [4.78, 5) is 37.0. The van der Waals surface area contributed by atoms with E-state index in [1.165, 1.54) is 24.7 Å². The average molecular weight is 452 g/mol. The van der Waals surface area contributed by atoms with Gasteiger partial charge in [-0.15, -0.1) is 11.8 Å². The molecular formula is C21H21FO8S. The Labute approximate surface area is 181 Å². The molecule has 3 N–H and O–H groups in total. The van der Waals surface area contributed by atoms with E-state index in [4.69, 9.17) is 9.15 Å². The SMILES string of the molecule is CC(=O)[C@]1(O)[C@@](O)(C(C)=O)CS[C@H](Oc2ccc(-c3ccoc3)cc2F)[C@@]1(O)C(C)=O. The highest BCUT2D eigenvalue weighted by Gasteiger charge is 2.75. The van der Waals surface area contributed by atoms with Gasteiger partial charge in [0, 0.05) is 11.3 Å². The molecule has 0 bridgehead atoms. The number of ketones is 3. The number of carbonyl (C=O) groups is 3. The number of rotatable bonds is 6. The molecule has 0 spiro atoms. The Balaban J connectivity index is 2.05. The van der Waals surface area contributed by atoms with Crippen LogP contribution in [0.2, 0.25) is 0 Å². The van der Waals surface area contributed by atoms with Crippen LogP contribution in [-0.2, 0) is 14.4 Å². The summed E-state index contributed by atoms with van der Waals surface area (Å²) >= 11 is 0.601. The molecular weight excluding hydrogens is 431 g/mol. The van der Waals surface area contributed by atoms with Crippen molar-refractivity contribution in [1.29, 1.82) is 0 Å². The van der Waals surface area contributed by atoms with Crippen molar-refractivity contribution in [2.75, 3.05) is 5.75 Å². The average Bonchev–Trinajstić information content (AvgIpc) is 3.24. The number of carbonyl (C=O) groups excluding carboxylic acids is 3. The molecule has 31 heavy (non-hydrogen) atoms. The Kier molecular flexibility index (Phi) is 5.87. The molecule has 1 aliphatic rings. The molecule has 0 saturated carbocycles. The predicted octanol–water partition coefficient (Wildman–Crippen LogP) is 1.50. The third-order valence-electron chi connectivity index (χ3n) is 5.58. The fourth-order valence-corrected chi connectivity index (χ4v) is 5.24. The Hall–Kier alpha value is -2.53. The fraction of sp³-hybridized carbons (Fsp3) is 0.381. The molecule has 166 valence electrons. The quantitative estimate of drug-likeness (QED) is 0.596. The molecule has 3 rings (SSSR count). The number of thioether (sulfide) groups is 1. The molecule has 1 fully saturated rings. The van der Waals surface area contributed by atoms with Crippen LogP contribution in [0.1, 0.15) is 20.8 Å². The van der Waals surface area contributed by atoms with Gasteiger partial charge in [0.15, 0.2) is 45.6 Å². The molecule has 0 aliphatic carbocycles. The zero-order valence-electron chi connectivity index (χ0n) is 16.9. The maximum absolute atomic E-state index is 14.7. The number of furan rings is 1. The summed E-state index contributed by atoms with van der Waals surface area (Å²) in [5.74, 6) is -5.17. The van der Waals surface area contributed by atoms with Crippen LogP contribution < -0.4 is 4.74 Å². The van der Waals surface area contributed by atoms with Crippen molar-refractivity contribution in [2.45, 2.75) is 43.0 Å². The van der Waals surface area contributed by atoms with Crippen molar-refractivity contribution in [3.8, 4) is 16.9 Å². The topological polar surface area (TPSA) is 134 Å². The molecule has 0 amide bonds. The smallest absolute Gasteiger partial charge is 0.208 e. The molecule has 1 saturated heterocycles. The summed E-state index contributed by atoms with van der Waals surface area (Å²) in [5.41, 5.74) is -9.63. The van der Waals surface area contributed by atoms with Crippen molar-refractivity contribution < 1.29 is 43.2 Å². The lowest BCUT2D eigenvalue weighted by Crippen LogP contribution is -2.82. The number of hydrogen-bond acceptors (Lipinski definition) is 9. The van der Waals surface area contributed by atoms with E-state index in [-0.39, 0.29) is 5.75 Å². The summed E-state index contributed by atoms with van der Waals surface area (Å²) in [6.07, 6.45) is 2.83. The molecule has 1 aliphatic heterocycles. The minimum atomic E-state index is -3.21. The summed E-state index contributed by atoms with van der Waals surface area (Å²) in [6.45, 7) is 2.62. The Morgan fingerprint density at radius 1 is 1.06 bits per heavy atom. The van der Waals surface area contributed by atoms with E-state index in [1.807, 2.05) is 0 Å². The maximum Gasteiger partial charge on any atom is 0.208 e. The lowest BCUT2D eigenvalue weighted by Gasteiger charge is -2.54. The zero-order chi connectivity index (χ0) is 23.2. The van der Waals surface area contributed by atoms with Crippen LogP contribution in [0.5, 0.6) is 5.75 Å². The van der Waals surface area contributed by atoms with Crippen LogP contribution >= 0.6 is 11.8 Å². The minimum Gasteiger partial charge on any atom is -0.473 e. The van der Waals surface area contributed by atoms with Gasteiger partial charge in [-0.25, -0.2) is 4.39 Å². The Morgan fingerprint density at radius 3 is 2.23 bits per heavy atom. The van der Waals surface area contributed by atoms with Crippen LogP contribution in [0, 0.1) is 5.82 Å². The zero-order valence-corrected chi connectivity index (χ0v) is 17.7. The predicted molar refractivity (Wildman–Crippen MR) is 108 cm³/mol. The van der Waals surface area contributed by atoms with Gasteiger partial charge in [0.1, 0.15) is 0 Å². The van der Waals surface area contributed by atoms with Gasteiger partial charge in [0.05, 0.1) is 12.5 Å². The molecule has 2 heterocycles. The second-order valence-electron chi connectivity index (χ2n) is 7.42. The third kappa shape index (κ3) is 3.30. The third-order valence-corrected chi connectivity index (χ3v) is 6.91. The van der Waals surface area contributed by atoms with E-state index in [0.29, 0.717) is 22.9 Å². The van der Waals surface area contributed by atoms with Crippen LogP contribution in [0.3, 0.4) is 0 Å². The lowest BCUT2D eigenvalue weighted by molar-refractivity contribution is -0.236. The summed E-state index contributed by atoms with van der Waals surface area (Å²) in [7, 11) is 0. The number of hydrogen-bond donors (Lipinski definition) is 3. The van der Waals surface area contributed by atoms with E-state index < -0.39 is 51.2 Å². The second kappa shape index (κ2) is 7.86. The standard InChI is InChI=1S/C21H21FO8S/c1-11(23)19(26)10-31-18(20(27,12(2)24)21(19,28)13(3)25)30-17-5-4-14(8-16(17)22)15-6-7-29-9-15/h4-9,18,26-28H,10H2,1-3H3/t18-,19-,20-,21-/m0/s1. The van der Waals surface area contributed by atoms with Gasteiger partial charge >= 0.3 is 0 Å². The van der Waals surface area contributed by atoms with Gasteiger partial charge in [0.2, 0.25) is 5.60 Å². The monoisotopic (exact) mass is 452 g/mol. The molecule has 10 heteroatoms. The molecule has 1 aromatic carbocycles. The summed E-state index contributed by atoms with van der Waals surface area (Å²) in [6, 6.07) is 5.52. The van der Waals surface area contributed by atoms with Crippen LogP contribution in [-0.4, -0.2) is 60.7 Å². The van der Waals surface area contributed by atoms with Gasteiger partial charge in [-0.05, 0) is 44.5 Å². The fourth-order valence-electron chi connectivity index (χ4n) is 3.68. The normalized spacial score (nSPS) is 30.6. The molecule has 0 radical (unpaired) electrons. The van der Waals surface area contributed by atoms with Gasteiger partial charge in [-0.3, -0.25) is 14.4 Å². The molecule has 4 atom stereocenters. The Bertz CT molecular complexity index is 1040. The molecule has 2 aromatic rings. The minimum absolute atomic E-state index is 0.372. The largest absolute Gasteiger partial charge is 0.473 e. The van der Waals surface area contributed by atoms with Crippen molar-refractivity contribution >= 4 is 29.1 Å². The van der Waals surface area contributed by atoms with Crippen molar-refractivity contribution in [3.05, 3.63) is 42.6 Å². The first kappa shape index (κ1) is 23.1. The number of ether oxygens (including phenoxy) is 1. The van der Waals surface area contributed by atoms with E-state index in [1.54, 1.807) is 6.07 Å². The van der Waals surface area contributed by atoms with Crippen LogP contribution in [0.25, 0.3) is 11.1 Å². The van der Waals surface area contributed by atoms with Crippen molar-refractivity contribution in [3.63, 3.8) is 0 Å². The number of halogens is 1. The first-order valence-corrected chi connectivity index (χ1v) is 10.2. The molecule has 1 aromatic heterocycles. The first-order chi connectivity index (χ1) is 14.4. The maximum atomic E-state index is 14.7. The number of benzene rings is 1. The van der Waals surface area contributed by atoms with Gasteiger partial charge < -0.3 is 24.5 Å². The molecule has 8 nitrogen and oxygen atoms in total. The lowest BCUT2D eigenvalue weighted by atomic mass is 9.65. The van der Waals surface area contributed by atoms with Gasteiger partial charge in [-0.1, -0.05) is 6.07 Å². The second-order valence-corrected chi connectivity index (χ2v) is 8.47. The first-order valence-electron chi connectivity index (χ1n) is 9.20. The van der Waals surface area contributed by atoms with E-state index >= 15 is 0 Å². The molecule has 0 unspecified atom stereocenters. The van der Waals surface area contributed by atoms with Crippen molar-refractivity contribution in [1.82, 2.24) is 0 Å². The number of aliphatic hydroxyl groups is 3. The van der Waals surface area contributed by atoms with E-state index in [9.17, 15) is 34.1 Å². The highest BCUT2D eigenvalue weighted by molar-refractivity contribution is 8.00. The number of Topliss-reactive ketones (excluding diaryl/α,β-unsaturated/α-hetero) is 3. The van der Waals surface area contributed by atoms with Gasteiger partial charge in [-0.2, -0.15) is 0 Å². The van der Waals surface area contributed by atoms with Gasteiger partial charge in [0.25, 0.3) is 0 Å². The van der Waals surface area contributed by atoms with Crippen LogP contribution in [0.4, 0.5) is 4.39 Å². The highest BCUT2D eigenvalue weighted by Crippen LogP contribution is 2.49. The summed E-state index contributed by atoms with van der Waals surface area (Å²) < 4.78 is 25.2. The van der Waals surface area contributed by atoms with E-state index in [0.717, 1.165) is 26.8 Å².